The van der Waals surface area contributed by atoms with Crippen molar-refractivity contribution < 1.29 is 5.06 Å². The van der Waals surface area contributed by atoms with E-state index in [1.54, 1.807) is 0 Å². The number of pyridine rings is 1. The van der Waals surface area contributed by atoms with Gasteiger partial charge in [0.2, 0.25) is 0 Å². The van der Waals surface area contributed by atoms with Gasteiger partial charge in [-0.2, -0.15) is 0 Å². The van der Waals surface area contributed by atoms with Crippen molar-refractivity contribution in [2.24, 2.45) is 0 Å². The number of hydrazine groups is 1. The standard InChI is InChI=1S/C15H22N4O/c1-3-17(4-2)19-11-12-10-18(20)9-7-13(12)14-6-5-8-16-15(14)19/h5-6,8,18H,3-4,7,9-11H2,1-2H3. The summed E-state index contributed by atoms with van der Waals surface area (Å²) in [6.45, 7) is 8.31. The summed E-state index contributed by atoms with van der Waals surface area (Å²) in [7, 11) is 0. The molecule has 5 nitrogen and oxygen atoms in total. The molecule has 1 aromatic heterocycles. The van der Waals surface area contributed by atoms with E-state index in [1.807, 2.05) is 12.3 Å². The van der Waals surface area contributed by atoms with Gasteiger partial charge in [0.15, 0.2) is 5.82 Å². The second-order valence-corrected chi connectivity index (χ2v) is 5.37. The van der Waals surface area contributed by atoms with Crippen molar-refractivity contribution >= 4 is 11.4 Å². The third kappa shape index (κ3) is 2.22. The van der Waals surface area contributed by atoms with Crippen LogP contribution in [-0.4, -0.2) is 42.7 Å². The molecule has 20 heavy (non-hydrogen) atoms. The topological polar surface area (TPSA) is 46.9 Å². The number of aromatic nitrogens is 1. The van der Waals surface area contributed by atoms with Gasteiger partial charge in [-0.25, -0.2) is 9.99 Å². The highest BCUT2D eigenvalue weighted by Crippen LogP contribution is 2.35. The average molecular weight is 274 g/mol. The van der Waals surface area contributed by atoms with Gasteiger partial charge in [0, 0.05) is 36.8 Å². The summed E-state index contributed by atoms with van der Waals surface area (Å²) in [5, 5.41) is 16.7. The molecule has 3 rings (SSSR count). The zero-order valence-electron chi connectivity index (χ0n) is 12.2. The Bertz CT molecular complexity index is 524. The Kier molecular flexibility index (Phi) is 3.74. The van der Waals surface area contributed by atoms with Crippen LogP contribution in [0, 0.1) is 5.21 Å². The Balaban J connectivity index is 2.04. The van der Waals surface area contributed by atoms with Crippen LogP contribution in [0.25, 0.3) is 5.57 Å². The summed E-state index contributed by atoms with van der Waals surface area (Å²) in [5.41, 5.74) is 3.86. The lowest BCUT2D eigenvalue weighted by Gasteiger charge is -2.42. The van der Waals surface area contributed by atoms with Gasteiger partial charge in [-0.3, -0.25) is 5.01 Å². The lowest BCUT2D eigenvalue weighted by atomic mass is 9.91. The summed E-state index contributed by atoms with van der Waals surface area (Å²) < 4.78 is 0. The van der Waals surface area contributed by atoms with Crippen LogP contribution in [0.1, 0.15) is 25.8 Å². The maximum absolute atomic E-state index is 11.8. The highest BCUT2D eigenvalue weighted by Gasteiger charge is 2.31. The molecule has 1 aromatic rings. The van der Waals surface area contributed by atoms with Gasteiger partial charge in [0.05, 0.1) is 13.1 Å². The minimum atomic E-state index is 0.371. The highest BCUT2D eigenvalue weighted by molar-refractivity contribution is 5.80. The molecule has 0 spiro atoms. The highest BCUT2D eigenvalue weighted by atomic mass is 16.5. The third-order valence-corrected chi connectivity index (χ3v) is 4.26. The van der Waals surface area contributed by atoms with Gasteiger partial charge in [0.25, 0.3) is 0 Å². The molecule has 0 fully saturated rings. The van der Waals surface area contributed by atoms with E-state index in [0.717, 1.165) is 31.9 Å². The lowest BCUT2D eigenvalue weighted by molar-refractivity contribution is -0.843. The summed E-state index contributed by atoms with van der Waals surface area (Å²) in [4.78, 5) is 4.59. The molecule has 0 saturated heterocycles. The second-order valence-electron chi connectivity index (χ2n) is 5.37. The number of hydroxylamine groups is 2. The maximum atomic E-state index is 11.8. The fraction of sp³-hybridized carbons (Fsp3) is 0.533. The molecular weight excluding hydrogens is 252 g/mol. The van der Waals surface area contributed by atoms with E-state index < -0.39 is 0 Å². The minimum Gasteiger partial charge on any atom is -0.634 e. The Labute approximate surface area is 120 Å². The van der Waals surface area contributed by atoms with Crippen LogP contribution >= 0.6 is 0 Å². The van der Waals surface area contributed by atoms with Gasteiger partial charge in [-0.05, 0) is 17.7 Å². The van der Waals surface area contributed by atoms with Gasteiger partial charge in [0.1, 0.15) is 6.54 Å². The van der Waals surface area contributed by atoms with Crippen molar-refractivity contribution in [1.29, 1.82) is 0 Å². The molecule has 0 saturated carbocycles. The van der Waals surface area contributed by atoms with Crippen LogP contribution < -0.4 is 10.1 Å². The van der Waals surface area contributed by atoms with Crippen LogP contribution in [0.15, 0.2) is 23.9 Å². The van der Waals surface area contributed by atoms with Crippen molar-refractivity contribution in [3.8, 4) is 0 Å². The third-order valence-electron chi connectivity index (χ3n) is 4.26. The lowest BCUT2D eigenvalue weighted by Crippen LogP contribution is -3.08. The van der Waals surface area contributed by atoms with Crippen LogP contribution in [-0.2, 0) is 0 Å². The predicted octanol–water partition coefficient (Wildman–Crippen LogP) is 0.698. The van der Waals surface area contributed by atoms with E-state index in [1.165, 1.54) is 16.7 Å². The van der Waals surface area contributed by atoms with Crippen LogP contribution in [0.4, 0.5) is 5.82 Å². The zero-order valence-corrected chi connectivity index (χ0v) is 12.2. The average Bonchev–Trinajstić information content (AvgIpc) is 2.48. The van der Waals surface area contributed by atoms with Crippen molar-refractivity contribution in [3.63, 3.8) is 0 Å². The van der Waals surface area contributed by atoms with Crippen molar-refractivity contribution in [3.05, 3.63) is 34.7 Å². The molecular formula is C15H22N4O. The summed E-state index contributed by atoms with van der Waals surface area (Å²) in [5.74, 6) is 1.05. The molecule has 0 aromatic carbocycles. The Morgan fingerprint density at radius 1 is 1.40 bits per heavy atom. The first-order chi connectivity index (χ1) is 9.74. The van der Waals surface area contributed by atoms with Gasteiger partial charge >= 0.3 is 0 Å². The normalized spacial score (nSPS) is 22.0. The molecule has 0 bridgehead atoms. The number of nitrogens with one attached hydrogen (secondary N) is 1. The van der Waals surface area contributed by atoms with E-state index in [0.29, 0.717) is 18.2 Å². The van der Waals surface area contributed by atoms with Crippen LogP contribution in [0.2, 0.25) is 0 Å². The van der Waals surface area contributed by atoms with Crippen molar-refractivity contribution in [1.82, 2.24) is 9.99 Å². The summed E-state index contributed by atoms with van der Waals surface area (Å²) in [6.07, 6.45) is 2.73. The number of hydrogen-bond donors (Lipinski definition) is 1. The van der Waals surface area contributed by atoms with Crippen LogP contribution in [0.5, 0.6) is 0 Å². The number of anilines is 1. The first kappa shape index (κ1) is 13.5. The number of nitrogens with zero attached hydrogens (tertiary/aromatic N) is 3. The van der Waals surface area contributed by atoms with E-state index in [-0.39, 0.29) is 0 Å². The molecule has 0 aliphatic carbocycles. The van der Waals surface area contributed by atoms with E-state index in [2.05, 4.69) is 34.9 Å². The number of hydrogen-bond acceptors (Lipinski definition) is 4. The van der Waals surface area contributed by atoms with Crippen LogP contribution in [0.3, 0.4) is 0 Å². The number of fused-ring (bicyclic) bond motifs is 2. The molecule has 3 heterocycles. The smallest absolute Gasteiger partial charge is 0.150 e. The molecule has 1 unspecified atom stereocenters. The first-order valence-electron chi connectivity index (χ1n) is 7.45. The number of rotatable bonds is 3. The van der Waals surface area contributed by atoms with Crippen molar-refractivity contribution in [2.75, 3.05) is 37.7 Å². The van der Waals surface area contributed by atoms with E-state index >= 15 is 0 Å². The van der Waals surface area contributed by atoms with E-state index in [4.69, 9.17) is 0 Å². The fourth-order valence-electron chi connectivity index (χ4n) is 3.24. The molecule has 2 aliphatic rings. The molecule has 1 N–H and O–H groups in total. The van der Waals surface area contributed by atoms with Gasteiger partial charge < -0.3 is 10.3 Å². The predicted molar refractivity (Wildman–Crippen MR) is 80.1 cm³/mol. The summed E-state index contributed by atoms with van der Waals surface area (Å²) in [6, 6.07) is 4.13. The van der Waals surface area contributed by atoms with Gasteiger partial charge in [-0.15, -0.1) is 0 Å². The SMILES string of the molecule is CCN(CC)N1CC2=C(CC[NH+]([O-])C2)c2cccnc21. The molecule has 1 atom stereocenters. The Morgan fingerprint density at radius 2 is 2.20 bits per heavy atom. The second kappa shape index (κ2) is 5.52. The Morgan fingerprint density at radius 3 is 2.95 bits per heavy atom. The Hall–Kier alpha value is -1.43. The largest absolute Gasteiger partial charge is 0.634 e. The van der Waals surface area contributed by atoms with Crippen molar-refractivity contribution in [2.45, 2.75) is 20.3 Å². The molecule has 0 radical (unpaired) electrons. The molecule has 0 amide bonds. The fourth-order valence-corrected chi connectivity index (χ4v) is 3.24. The zero-order chi connectivity index (χ0) is 14.1. The molecule has 5 heteroatoms. The quantitative estimate of drug-likeness (QED) is 0.824. The maximum Gasteiger partial charge on any atom is 0.150 e. The monoisotopic (exact) mass is 274 g/mol. The summed E-state index contributed by atoms with van der Waals surface area (Å²) >= 11 is 0. The first-order valence-corrected chi connectivity index (χ1v) is 7.45. The molecule has 2 aliphatic heterocycles. The molecule has 108 valence electrons. The minimum absolute atomic E-state index is 0.371. The number of quaternary nitrogens is 1. The van der Waals surface area contributed by atoms with E-state index in [9.17, 15) is 5.21 Å². The van der Waals surface area contributed by atoms with Gasteiger partial charge in [-0.1, -0.05) is 13.8 Å².